The molecular formula is C23H25N5S. The van der Waals surface area contributed by atoms with Gasteiger partial charge in [-0.2, -0.15) is 0 Å². The molecule has 0 aliphatic carbocycles. The lowest BCUT2D eigenvalue weighted by molar-refractivity contribution is 0.320. The van der Waals surface area contributed by atoms with Gasteiger partial charge in [-0.25, -0.2) is 0 Å². The van der Waals surface area contributed by atoms with Gasteiger partial charge in [0.15, 0.2) is 5.17 Å². The topological polar surface area (TPSA) is 46.3 Å². The Bertz CT molecular complexity index is 1040. The van der Waals surface area contributed by atoms with Gasteiger partial charge in [-0.1, -0.05) is 24.8 Å². The zero-order chi connectivity index (χ0) is 20.0. The molecule has 0 bridgehead atoms. The van der Waals surface area contributed by atoms with Crippen molar-refractivity contribution in [3.8, 4) is 0 Å². The third-order valence-corrected chi connectivity index (χ3v) is 7.00. The first-order valence-electron chi connectivity index (χ1n) is 10.1. The lowest BCUT2D eigenvalue weighted by Crippen LogP contribution is -2.29. The molecule has 0 saturated carbocycles. The molecule has 5 nitrogen and oxygen atoms in total. The molecule has 0 radical (unpaired) electrons. The van der Waals surface area contributed by atoms with Crippen molar-refractivity contribution in [1.29, 1.82) is 0 Å². The normalized spacial score (nSPS) is 23.3. The second-order valence-electron chi connectivity index (χ2n) is 7.90. The van der Waals surface area contributed by atoms with Crippen LogP contribution in [0.3, 0.4) is 0 Å². The van der Waals surface area contributed by atoms with E-state index < -0.39 is 0 Å². The molecule has 0 spiro atoms. The molecule has 0 aromatic carbocycles. The first kappa shape index (κ1) is 18.4. The van der Waals surface area contributed by atoms with E-state index in [1.807, 2.05) is 36.4 Å². The summed E-state index contributed by atoms with van der Waals surface area (Å²) in [5.74, 6) is 0. The van der Waals surface area contributed by atoms with Crippen molar-refractivity contribution < 1.29 is 0 Å². The Kier molecular flexibility index (Phi) is 4.66. The van der Waals surface area contributed by atoms with Gasteiger partial charge in [-0.15, -0.1) is 0 Å². The van der Waals surface area contributed by atoms with E-state index in [1.165, 1.54) is 22.5 Å². The number of fused-ring (bicyclic) bond motifs is 1. The van der Waals surface area contributed by atoms with Crippen LogP contribution in [0.15, 0.2) is 60.0 Å². The highest BCUT2D eigenvalue weighted by Crippen LogP contribution is 2.48. The Labute approximate surface area is 175 Å². The Morgan fingerprint density at radius 3 is 2.69 bits per heavy atom. The molecule has 1 saturated heterocycles. The Morgan fingerprint density at radius 2 is 1.93 bits per heavy atom. The Morgan fingerprint density at radius 1 is 1.10 bits per heavy atom. The summed E-state index contributed by atoms with van der Waals surface area (Å²) < 4.78 is 2.41. The molecular weight excluding hydrogens is 378 g/mol. The van der Waals surface area contributed by atoms with E-state index in [0.29, 0.717) is 5.25 Å². The maximum absolute atomic E-state index is 5.12. The van der Waals surface area contributed by atoms with Crippen molar-refractivity contribution in [3.05, 3.63) is 83.2 Å². The monoisotopic (exact) mass is 403 g/mol. The van der Waals surface area contributed by atoms with Gasteiger partial charge in [0.2, 0.25) is 0 Å². The average Bonchev–Trinajstić information content (AvgIpc) is 3.35. The number of hydrogen-bond acceptors (Lipinski definition) is 5. The lowest BCUT2D eigenvalue weighted by Gasteiger charge is -2.27. The maximum Gasteiger partial charge on any atom is 0.160 e. The number of rotatable bonds is 4. The third kappa shape index (κ3) is 3.25. The fourth-order valence-electron chi connectivity index (χ4n) is 4.50. The van der Waals surface area contributed by atoms with E-state index in [2.05, 4.69) is 70.5 Å². The number of pyridine rings is 2. The molecule has 0 N–H and O–H groups in total. The van der Waals surface area contributed by atoms with E-state index in [0.717, 1.165) is 24.0 Å². The van der Waals surface area contributed by atoms with Gasteiger partial charge in [-0.3, -0.25) is 15.0 Å². The summed E-state index contributed by atoms with van der Waals surface area (Å²) in [6.45, 7) is 8.62. The molecule has 6 heteroatoms. The van der Waals surface area contributed by atoms with Crippen LogP contribution in [0.5, 0.6) is 0 Å². The largest absolute Gasteiger partial charge is 0.344 e. The number of nitrogens with zero attached hydrogens (tertiary/aromatic N) is 5. The van der Waals surface area contributed by atoms with E-state index in [9.17, 15) is 0 Å². The summed E-state index contributed by atoms with van der Waals surface area (Å²) in [4.78, 5) is 16.4. The summed E-state index contributed by atoms with van der Waals surface area (Å²) in [6.07, 6.45) is 5.60. The van der Waals surface area contributed by atoms with Crippen LogP contribution in [0.1, 0.15) is 47.2 Å². The van der Waals surface area contributed by atoms with Crippen LogP contribution in [-0.2, 0) is 6.54 Å². The van der Waals surface area contributed by atoms with Gasteiger partial charge < -0.3 is 9.47 Å². The highest BCUT2D eigenvalue weighted by atomic mass is 32.2. The minimum Gasteiger partial charge on any atom is -0.344 e. The van der Waals surface area contributed by atoms with Crippen molar-refractivity contribution in [3.63, 3.8) is 0 Å². The molecule has 3 aromatic heterocycles. The third-order valence-electron chi connectivity index (χ3n) is 5.90. The predicted octanol–water partition coefficient (Wildman–Crippen LogP) is 4.53. The van der Waals surface area contributed by atoms with E-state index in [1.54, 1.807) is 0 Å². The van der Waals surface area contributed by atoms with Crippen molar-refractivity contribution in [2.45, 2.75) is 44.6 Å². The van der Waals surface area contributed by atoms with Crippen LogP contribution in [-0.4, -0.2) is 36.4 Å². The highest BCUT2D eigenvalue weighted by Gasteiger charge is 2.44. The number of aliphatic imine (C=N–C) groups is 1. The average molecular weight is 404 g/mol. The number of amidine groups is 1. The zero-order valence-electron chi connectivity index (χ0n) is 17.0. The molecule has 29 heavy (non-hydrogen) atoms. The van der Waals surface area contributed by atoms with Gasteiger partial charge in [0, 0.05) is 48.3 Å². The number of hydrogen-bond donors (Lipinski definition) is 0. The van der Waals surface area contributed by atoms with Gasteiger partial charge in [0.1, 0.15) is 6.04 Å². The lowest BCUT2D eigenvalue weighted by atomic mass is 9.96. The Balaban J connectivity index is 1.55. The molecule has 5 rings (SSSR count). The molecule has 5 heterocycles. The molecule has 2 aliphatic heterocycles. The quantitative estimate of drug-likeness (QED) is 0.642. The molecule has 0 amide bonds. The second kappa shape index (κ2) is 7.34. The van der Waals surface area contributed by atoms with E-state index in [-0.39, 0.29) is 12.1 Å². The molecule has 3 aromatic rings. The molecule has 2 aliphatic rings. The zero-order valence-corrected chi connectivity index (χ0v) is 17.8. The molecule has 1 fully saturated rings. The van der Waals surface area contributed by atoms with Gasteiger partial charge >= 0.3 is 0 Å². The summed E-state index contributed by atoms with van der Waals surface area (Å²) in [5, 5.41) is 1.73. The first-order chi connectivity index (χ1) is 14.1. The minimum atomic E-state index is 0.0427. The summed E-state index contributed by atoms with van der Waals surface area (Å²) in [7, 11) is 0. The molecule has 148 valence electrons. The van der Waals surface area contributed by atoms with Crippen LogP contribution in [0.2, 0.25) is 0 Å². The fraction of sp³-hybridized carbons (Fsp3) is 0.348. The summed E-state index contributed by atoms with van der Waals surface area (Å²) in [6, 6.07) is 12.9. The first-order valence-corrected chi connectivity index (χ1v) is 11.0. The van der Waals surface area contributed by atoms with E-state index in [4.69, 9.17) is 4.99 Å². The highest BCUT2D eigenvalue weighted by molar-refractivity contribution is 8.14. The summed E-state index contributed by atoms with van der Waals surface area (Å²) in [5.41, 5.74) is 6.27. The minimum absolute atomic E-state index is 0.0427. The standard InChI is InChI=1S/C23H25N5S/c1-15-12-19(17(3)27(15)14-18-7-10-24-11-8-18)22-21(20-6-4-5-9-25-20)26-23-28(22)13-16(2)29-23/h4-12,16,21-22H,13-14H2,1-3H3/t16-,21+,22-/m0/s1. The second-order valence-corrected chi connectivity index (χ2v) is 9.31. The fourth-order valence-corrected chi connectivity index (χ4v) is 5.59. The summed E-state index contributed by atoms with van der Waals surface area (Å²) >= 11 is 1.89. The predicted molar refractivity (Wildman–Crippen MR) is 118 cm³/mol. The van der Waals surface area contributed by atoms with Crippen LogP contribution < -0.4 is 0 Å². The van der Waals surface area contributed by atoms with E-state index >= 15 is 0 Å². The van der Waals surface area contributed by atoms with Crippen molar-refractivity contribution in [2.24, 2.45) is 4.99 Å². The van der Waals surface area contributed by atoms with Crippen molar-refractivity contribution in [1.82, 2.24) is 19.4 Å². The van der Waals surface area contributed by atoms with Gasteiger partial charge in [-0.05, 0) is 55.3 Å². The van der Waals surface area contributed by atoms with Crippen molar-refractivity contribution in [2.75, 3.05) is 6.54 Å². The molecule has 3 atom stereocenters. The smallest absolute Gasteiger partial charge is 0.160 e. The number of aryl methyl sites for hydroxylation is 1. The maximum atomic E-state index is 5.12. The number of thioether (sulfide) groups is 1. The van der Waals surface area contributed by atoms with Gasteiger partial charge in [0.05, 0.1) is 11.7 Å². The van der Waals surface area contributed by atoms with Crippen LogP contribution in [0.25, 0.3) is 0 Å². The molecule has 0 unspecified atom stereocenters. The SMILES string of the molecule is Cc1cc([C@H]2[C@@H](c3ccccn3)N=C3S[C@@H](C)CN32)c(C)n1Cc1ccncc1. The number of aromatic nitrogens is 3. The van der Waals surface area contributed by atoms with Crippen LogP contribution in [0.4, 0.5) is 0 Å². The van der Waals surface area contributed by atoms with Crippen LogP contribution in [0, 0.1) is 13.8 Å². The van der Waals surface area contributed by atoms with Crippen molar-refractivity contribution >= 4 is 16.9 Å². The van der Waals surface area contributed by atoms with Crippen LogP contribution >= 0.6 is 11.8 Å². The Hall–Kier alpha value is -2.60. The van der Waals surface area contributed by atoms with Gasteiger partial charge in [0.25, 0.3) is 0 Å².